The summed E-state index contributed by atoms with van der Waals surface area (Å²) in [5.74, 6) is -1.99. The molecule has 0 aliphatic heterocycles. The number of carbonyl (C=O) groups is 1. The predicted molar refractivity (Wildman–Crippen MR) is 58.8 cm³/mol. The Hall–Kier alpha value is -2.08. The topological polar surface area (TPSA) is 85.9 Å². The zero-order valence-corrected chi connectivity index (χ0v) is 9.01. The normalized spacial score (nSPS) is 10.5. The molecule has 1 aromatic heterocycles. The van der Waals surface area contributed by atoms with E-state index < -0.39 is 22.9 Å². The van der Waals surface area contributed by atoms with Gasteiger partial charge in [0, 0.05) is 5.56 Å². The summed E-state index contributed by atoms with van der Waals surface area (Å²) in [7, 11) is 0. The van der Waals surface area contributed by atoms with Crippen LogP contribution in [0.25, 0.3) is 11.3 Å². The van der Waals surface area contributed by atoms with E-state index in [-0.39, 0.29) is 10.7 Å². The molecule has 2 rings (SSSR count). The average Bonchev–Trinajstić information content (AvgIpc) is 2.64. The van der Waals surface area contributed by atoms with E-state index in [9.17, 15) is 14.0 Å². The molecule has 1 aromatic carbocycles. The molecular formula is C10H6ClFN2O3. The molecule has 0 aliphatic rings. The maximum Gasteiger partial charge on any atom is 0.343 e. The van der Waals surface area contributed by atoms with E-state index in [0.29, 0.717) is 5.56 Å². The first-order valence-electron chi connectivity index (χ1n) is 4.50. The Labute approximate surface area is 98.8 Å². The van der Waals surface area contributed by atoms with Crippen LogP contribution in [0.5, 0.6) is 0 Å². The smallest absolute Gasteiger partial charge is 0.343 e. The molecule has 0 bridgehead atoms. The van der Waals surface area contributed by atoms with Gasteiger partial charge in [-0.2, -0.15) is 0 Å². The van der Waals surface area contributed by atoms with Gasteiger partial charge < -0.3 is 5.11 Å². The Morgan fingerprint density at radius 3 is 2.65 bits per heavy atom. The number of H-pyrrole nitrogens is 2. The molecule has 3 N–H and O–H groups in total. The van der Waals surface area contributed by atoms with Gasteiger partial charge in [-0.25, -0.2) is 9.18 Å². The summed E-state index contributed by atoms with van der Waals surface area (Å²) in [6.07, 6.45) is 0. The molecule has 0 saturated heterocycles. The van der Waals surface area contributed by atoms with E-state index in [1.54, 1.807) is 0 Å². The fraction of sp³-hybridized carbons (Fsp3) is 0. The quantitative estimate of drug-likeness (QED) is 0.766. The third kappa shape index (κ3) is 1.94. The van der Waals surface area contributed by atoms with Crippen molar-refractivity contribution >= 4 is 17.6 Å². The fourth-order valence-electron chi connectivity index (χ4n) is 1.43. The van der Waals surface area contributed by atoms with E-state index in [0.717, 1.165) is 6.07 Å². The highest BCUT2D eigenvalue weighted by Crippen LogP contribution is 2.24. The number of nitrogens with one attached hydrogen (secondary N) is 2. The van der Waals surface area contributed by atoms with Crippen molar-refractivity contribution in [1.82, 2.24) is 10.2 Å². The molecule has 0 radical (unpaired) electrons. The van der Waals surface area contributed by atoms with Gasteiger partial charge in [0.15, 0.2) is 5.56 Å². The number of rotatable bonds is 2. The molecule has 0 fully saturated rings. The number of carboxylic acid groups (broad SMARTS) is 1. The lowest BCUT2D eigenvalue weighted by Gasteiger charge is -2.01. The Morgan fingerprint density at radius 2 is 2.06 bits per heavy atom. The van der Waals surface area contributed by atoms with Crippen LogP contribution in [0.1, 0.15) is 10.4 Å². The lowest BCUT2D eigenvalue weighted by Crippen LogP contribution is -2.12. The highest BCUT2D eigenvalue weighted by Gasteiger charge is 2.18. The summed E-state index contributed by atoms with van der Waals surface area (Å²) in [4.78, 5) is 22.1. The molecule has 5 nitrogen and oxygen atoms in total. The van der Waals surface area contributed by atoms with E-state index in [4.69, 9.17) is 16.7 Å². The Bertz CT molecular complexity index is 647. The number of aromatic nitrogens is 2. The number of benzene rings is 1. The van der Waals surface area contributed by atoms with Crippen molar-refractivity contribution in [1.29, 1.82) is 0 Å². The van der Waals surface area contributed by atoms with Crippen LogP contribution in [0.3, 0.4) is 0 Å². The van der Waals surface area contributed by atoms with Gasteiger partial charge in [0.1, 0.15) is 5.82 Å². The third-order valence-corrected chi connectivity index (χ3v) is 2.49. The lowest BCUT2D eigenvalue weighted by atomic mass is 10.1. The second kappa shape index (κ2) is 4.06. The highest BCUT2D eigenvalue weighted by molar-refractivity contribution is 6.31. The SMILES string of the molecule is O=C(O)c1c(-c2ccc(F)c(Cl)c2)[nH][nH]c1=O. The van der Waals surface area contributed by atoms with E-state index in [2.05, 4.69) is 10.2 Å². The van der Waals surface area contributed by atoms with Gasteiger partial charge in [0.2, 0.25) is 0 Å². The Morgan fingerprint density at radius 1 is 1.35 bits per heavy atom. The molecule has 7 heteroatoms. The van der Waals surface area contributed by atoms with Crippen LogP contribution >= 0.6 is 11.6 Å². The van der Waals surface area contributed by atoms with Crippen LogP contribution in [-0.2, 0) is 0 Å². The van der Waals surface area contributed by atoms with E-state index in [1.807, 2.05) is 0 Å². The second-order valence-corrected chi connectivity index (χ2v) is 3.67. The van der Waals surface area contributed by atoms with Crippen LogP contribution in [-0.4, -0.2) is 21.3 Å². The third-order valence-electron chi connectivity index (χ3n) is 2.20. The van der Waals surface area contributed by atoms with Crippen LogP contribution in [0.2, 0.25) is 5.02 Å². The molecule has 88 valence electrons. The number of carboxylic acids is 1. The van der Waals surface area contributed by atoms with Crippen molar-refractivity contribution in [2.24, 2.45) is 0 Å². The zero-order chi connectivity index (χ0) is 12.6. The van der Waals surface area contributed by atoms with Crippen LogP contribution < -0.4 is 5.56 Å². The minimum absolute atomic E-state index is 0.0596. The maximum atomic E-state index is 13.0. The van der Waals surface area contributed by atoms with Crippen molar-refractivity contribution in [3.8, 4) is 11.3 Å². The van der Waals surface area contributed by atoms with Crippen LogP contribution in [0.15, 0.2) is 23.0 Å². The number of aromatic amines is 2. The van der Waals surface area contributed by atoms with Crippen molar-refractivity contribution in [3.63, 3.8) is 0 Å². The van der Waals surface area contributed by atoms with Gasteiger partial charge in [-0.1, -0.05) is 11.6 Å². The van der Waals surface area contributed by atoms with Crippen molar-refractivity contribution < 1.29 is 14.3 Å². The summed E-state index contributed by atoms with van der Waals surface area (Å²) in [5.41, 5.74) is -0.822. The summed E-state index contributed by atoms with van der Waals surface area (Å²) in [5, 5.41) is 13.3. The Kier molecular flexibility index (Phi) is 2.72. The first kappa shape index (κ1) is 11.4. The second-order valence-electron chi connectivity index (χ2n) is 3.26. The van der Waals surface area contributed by atoms with Gasteiger partial charge in [0.25, 0.3) is 5.56 Å². The van der Waals surface area contributed by atoms with Gasteiger partial charge >= 0.3 is 5.97 Å². The van der Waals surface area contributed by atoms with Crippen molar-refractivity contribution in [2.75, 3.05) is 0 Å². The summed E-state index contributed by atoms with van der Waals surface area (Å²) in [6.45, 7) is 0. The fourth-order valence-corrected chi connectivity index (χ4v) is 1.61. The molecular weight excluding hydrogens is 251 g/mol. The van der Waals surface area contributed by atoms with Crippen LogP contribution in [0.4, 0.5) is 4.39 Å². The Balaban J connectivity index is 2.65. The highest BCUT2D eigenvalue weighted by atomic mass is 35.5. The molecule has 0 saturated carbocycles. The standard InChI is InChI=1S/C10H6ClFN2O3/c11-5-3-4(1-2-6(5)12)8-7(10(16)17)9(15)14-13-8/h1-3H,(H,16,17)(H2,13,14,15). The van der Waals surface area contributed by atoms with Crippen molar-refractivity contribution in [2.45, 2.75) is 0 Å². The zero-order valence-electron chi connectivity index (χ0n) is 8.25. The lowest BCUT2D eigenvalue weighted by molar-refractivity contribution is 0.0696. The molecule has 2 aromatic rings. The summed E-state index contributed by atoms with van der Waals surface area (Å²) >= 11 is 5.58. The number of aromatic carboxylic acids is 1. The minimum Gasteiger partial charge on any atom is -0.477 e. The molecule has 0 unspecified atom stereocenters. The van der Waals surface area contributed by atoms with Gasteiger partial charge in [-0.3, -0.25) is 15.0 Å². The molecule has 0 atom stereocenters. The molecule has 0 amide bonds. The molecule has 17 heavy (non-hydrogen) atoms. The van der Waals surface area contributed by atoms with Crippen molar-refractivity contribution in [3.05, 3.63) is 45.0 Å². The number of hydrogen-bond donors (Lipinski definition) is 3. The predicted octanol–water partition coefficient (Wildman–Crippen LogP) is 1.86. The minimum atomic E-state index is -1.37. The first-order chi connectivity index (χ1) is 8.00. The number of halogens is 2. The monoisotopic (exact) mass is 256 g/mol. The average molecular weight is 257 g/mol. The van der Waals surface area contributed by atoms with Gasteiger partial charge in [0.05, 0.1) is 10.7 Å². The first-order valence-corrected chi connectivity index (χ1v) is 4.88. The van der Waals surface area contributed by atoms with E-state index in [1.165, 1.54) is 12.1 Å². The van der Waals surface area contributed by atoms with E-state index >= 15 is 0 Å². The maximum absolute atomic E-state index is 13.0. The summed E-state index contributed by atoms with van der Waals surface area (Å²) in [6, 6.07) is 3.66. The van der Waals surface area contributed by atoms with Gasteiger partial charge in [-0.15, -0.1) is 0 Å². The molecule has 0 aliphatic carbocycles. The molecule has 0 spiro atoms. The summed E-state index contributed by atoms with van der Waals surface area (Å²) < 4.78 is 13.0. The largest absolute Gasteiger partial charge is 0.477 e. The van der Waals surface area contributed by atoms with Crippen LogP contribution in [0, 0.1) is 5.82 Å². The van der Waals surface area contributed by atoms with Gasteiger partial charge in [-0.05, 0) is 18.2 Å². The molecule has 1 heterocycles. The number of hydrogen-bond acceptors (Lipinski definition) is 2.